The molecular weight excluding hydrogens is 138 g/mol. The monoisotopic (exact) mass is 157 g/mol. The van der Waals surface area contributed by atoms with E-state index in [0.29, 0.717) is 5.92 Å². The summed E-state index contributed by atoms with van der Waals surface area (Å²) in [5.41, 5.74) is -0.620. The molecule has 0 saturated heterocycles. The highest BCUT2D eigenvalue weighted by Gasteiger charge is 2.32. The third kappa shape index (κ3) is 2.17. The van der Waals surface area contributed by atoms with E-state index in [-0.39, 0.29) is 0 Å². The first kappa shape index (κ1) is 9.01. The van der Waals surface area contributed by atoms with Crippen molar-refractivity contribution in [3.05, 3.63) is 0 Å². The first-order valence-electron chi connectivity index (χ1n) is 4.64. The van der Waals surface area contributed by atoms with Crippen molar-refractivity contribution < 1.29 is 5.11 Å². The summed E-state index contributed by atoms with van der Waals surface area (Å²) in [6, 6.07) is 0. The summed E-state index contributed by atoms with van der Waals surface area (Å²) in [7, 11) is 0. The van der Waals surface area contributed by atoms with Gasteiger partial charge in [0.1, 0.15) is 5.72 Å². The molecule has 1 atom stereocenters. The van der Waals surface area contributed by atoms with Crippen LogP contribution < -0.4 is 5.32 Å². The smallest absolute Gasteiger partial charge is 0.116 e. The quantitative estimate of drug-likeness (QED) is 0.608. The molecule has 0 bridgehead atoms. The number of rotatable bonds is 3. The maximum Gasteiger partial charge on any atom is 0.116 e. The van der Waals surface area contributed by atoms with Crippen molar-refractivity contribution in [2.45, 2.75) is 45.3 Å². The summed E-state index contributed by atoms with van der Waals surface area (Å²) in [5, 5.41) is 13.0. The van der Waals surface area contributed by atoms with Crippen molar-refractivity contribution in [2.24, 2.45) is 5.92 Å². The van der Waals surface area contributed by atoms with Crippen LogP contribution in [0.15, 0.2) is 0 Å². The van der Waals surface area contributed by atoms with Gasteiger partial charge in [-0.3, -0.25) is 5.32 Å². The molecule has 0 aromatic heterocycles. The van der Waals surface area contributed by atoms with Crippen molar-refractivity contribution in [3.63, 3.8) is 0 Å². The van der Waals surface area contributed by atoms with Gasteiger partial charge in [0.05, 0.1) is 0 Å². The van der Waals surface area contributed by atoms with E-state index in [9.17, 15) is 5.11 Å². The molecule has 11 heavy (non-hydrogen) atoms. The maximum atomic E-state index is 9.90. The van der Waals surface area contributed by atoms with Crippen LogP contribution in [-0.4, -0.2) is 17.4 Å². The molecule has 0 amide bonds. The van der Waals surface area contributed by atoms with Gasteiger partial charge in [-0.2, -0.15) is 0 Å². The molecular formula is C9H19NO. The normalized spacial score (nSPS) is 25.4. The van der Waals surface area contributed by atoms with Crippen LogP contribution in [0.4, 0.5) is 0 Å². The Labute approximate surface area is 69.0 Å². The number of nitrogens with one attached hydrogen (secondary N) is 1. The Kier molecular flexibility index (Phi) is 2.90. The molecule has 1 rings (SSSR count). The molecule has 2 N–H and O–H groups in total. The lowest BCUT2D eigenvalue weighted by Gasteiger charge is -2.30. The predicted octanol–water partition coefficient (Wildman–Crippen LogP) is 1.49. The standard InChI is InChI=1S/C9H19NO/c1-3-10-9(2,11)8-6-4-5-7-8/h8,10-11H,3-7H2,1-2H3/t9-/m1/s1. The molecule has 2 heteroatoms. The highest BCUT2D eigenvalue weighted by molar-refractivity contribution is 4.82. The Morgan fingerprint density at radius 1 is 1.45 bits per heavy atom. The van der Waals surface area contributed by atoms with Gasteiger partial charge in [0, 0.05) is 5.92 Å². The molecule has 0 heterocycles. The Hall–Kier alpha value is -0.0800. The molecule has 1 saturated carbocycles. The van der Waals surface area contributed by atoms with Gasteiger partial charge in [0.15, 0.2) is 0 Å². The largest absolute Gasteiger partial charge is 0.376 e. The SMILES string of the molecule is CCN[C@](C)(O)C1CCCC1. The van der Waals surface area contributed by atoms with E-state index in [1.165, 1.54) is 25.7 Å². The number of hydrogen-bond donors (Lipinski definition) is 2. The third-order valence-electron chi connectivity index (χ3n) is 2.68. The molecule has 0 aromatic rings. The van der Waals surface area contributed by atoms with Crippen LogP contribution in [0.1, 0.15) is 39.5 Å². The molecule has 66 valence electrons. The minimum Gasteiger partial charge on any atom is -0.376 e. The van der Waals surface area contributed by atoms with Crippen LogP contribution in [0.3, 0.4) is 0 Å². The lowest BCUT2D eigenvalue weighted by atomic mass is 9.96. The molecule has 0 aliphatic heterocycles. The van der Waals surface area contributed by atoms with Crippen LogP contribution in [-0.2, 0) is 0 Å². The predicted molar refractivity (Wildman–Crippen MR) is 46.3 cm³/mol. The van der Waals surface area contributed by atoms with Crippen LogP contribution in [0.25, 0.3) is 0 Å². The lowest BCUT2D eigenvalue weighted by Crippen LogP contribution is -2.47. The zero-order valence-electron chi connectivity index (χ0n) is 7.56. The van der Waals surface area contributed by atoms with Gasteiger partial charge in [0.25, 0.3) is 0 Å². The van der Waals surface area contributed by atoms with Crippen molar-refractivity contribution >= 4 is 0 Å². The Bertz CT molecular complexity index is 117. The van der Waals surface area contributed by atoms with Gasteiger partial charge in [-0.25, -0.2) is 0 Å². The van der Waals surface area contributed by atoms with E-state index in [0.717, 1.165) is 6.54 Å². The summed E-state index contributed by atoms with van der Waals surface area (Å²) in [5.74, 6) is 0.474. The molecule has 1 aliphatic rings. The van der Waals surface area contributed by atoms with Gasteiger partial charge in [-0.05, 0) is 26.3 Å². The lowest BCUT2D eigenvalue weighted by molar-refractivity contribution is -0.0289. The van der Waals surface area contributed by atoms with Crippen LogP contribution >= 0.6 is 0 Å². The van der Waals surface area contributed by atoms with Gasteiger partial charge in [-0.1, -0.05) is 19.8 Å². The van der Waals surface area contributed by atoms with E-state index in [2.05, 4.69) is 5.32 Å². The van der Waals surface area contributed by atoms with E-state index < -0.39 is 5.72 Å². The second-order valence-corrected chi connectivity index (χ2v) is 3.66. The van der Waals surface area contributed by atoms with Crippen molar-refractivity contribution in [2.75, 3.05) is 6.54 Å². The minimum atomic E-state index is -0.620. The van der Waals surface area contributed by atoms with Gasteiger partial charge in [-0.15, -0.1) is 0 Å². The van der Waals surface area contributed by atoms with Gasteiger partial charge >= 0.3 is 0 Å². The molecule has 1 aliphatic carbocycles. The molecule has 0 aromatic carbocycles. The summed E-state index contributed by atoms with van der Waals surface area (Å²) in [6.07, 6.45) is 4.93. The Morgan fingerprint density at radius 2 is 2.00 bits per heavy atom. The molecule has 2 nitrogen and oxygen atoms in total. The number of aliphatic hydroxyl groups is 1. The van der Waals surface area contributed by atoms with Crippen LogP contribution in [0, 0.1) is 5.92 Å². The number of hydrogen-bond acceptors (Lipinski definition) is 2. The Balaban J connectivity index is 2.41. The van der Waals surface area contributed by atoms with Crippen molar-refractivity contribution in [1.29, 1.82) is 0 Å². The fourth-order valence-electron chi connectivity index (χ4n) is 1.99. The average molecular weight is 157 g/mol. The van der Waals surface area contributed by atoms with E-state index in [1.807, 2.05) is 13.8 Å². The molecule has 0 unspecified atom stereocenters. The van der Waals surface area contributed by atoms with E-state index >= 15 is 0 Å². The van der Waals surface area contributed by atoms with Crippen molar-refractivity contribution in [3.8, 4) is 0 Å². The zero-order chi connectivity index (χ0) is 8.32. The fraction of sp³-hybridized carbons (Fsp3) is 1.00. The van der Waals surface area contributed by atoms with Gasteiger partial charge in [0.2, 0.25) is 0 Å². The Morgan fingerprint density at radius 3 is 2.45 bits per heavy atom. The molecule has 0 radical (unpaired) electrons. The highest BCUT2D eigenvalue weighted by atomic mass is 16.3. The molecule has 1 fully saturated rings. The van der Waals surface area contributed by atoms with Crippen LogP contribution in [0.2, 0.25) is 0 Å². The topological polar surface area (TPSA) is 32.3 Å². The first-order chi connectivity index (χ1) is 5.17. The highest BCUT2D eigenvalue weighted by Crippen LogP contribution is 2.32. The van der Waals surface area contributed by atoms with Crippen molar-refractivity contribution in [1.82, 2.24) is 5.32 Å². The second kappa shape index (κ2) is 3.55. The van der Waals surface area contributed by atoms with E-state index in [4.69, 9.17) is 0 Å². The zero-order valence-corrected chi connectivity index (χ0v) is 7.56. The maximum absolute atomic E-state index is 9.90. The summed E-state index contributed by atoms with van der Waals surface area (Å²) >= 11 is 0. The van der Waals surface area contributed by atoms with Crippen LogP contribution in [0.5, 0.6) is 0 Å². The van der Waals surface area contributed by atoms with Gasteiger partial charge < -0.3 is 5.11 Å². The average Bonchev–Trinajstić information content (AvgIpc) is 2.37. The first-order valence-corrected chi connectivity index (χ1v) is 4.64. The summed E-state index contributed by atoms with van der Waals surface area (Å²) in [4.78, 5) is 0. The third-order valence-corrected chi connectivity index (χ3v) is 2.68. The summed E-state index contributed by atoms with van der Waals surface area (Å²) < 4.78 is 0. The molecule has 0 spiro atoms. The fourth-order valence-corrected chi connectivity index (χ4v) is 1.99. The van der Waals surface area contributed by atoms with E-state index in [1.54, 1.807) is 0 Å². The minimum absolute atomic E-state index is 0.474. The second-order valence-electron chi connectivity index (χ2n) is 3.66. The summed E-state index contributed by atoms with van der Waals surface area (Å²) in [6.45, 7) is 4.78.